The molecule has 10 heteroatoms. The number of nitrogens with zero attached hydrogens (tertiary/aromatic N) is 1. The van der Waals surface area contributed by atoms with Gasteiger partial charge in [-0.2, -0.15) is 0 Å². The van der Waals surface area contributed by atoms with Crippen LogP contribution in [0.4, 0.5) is 0 Å². The third-order valence-corrected chi connectivity index (χ3v) is 5.72. The first kappa shape index (κ1) is 22.6. The molecular formula is C22H19N3O6S. The topological polar surface area (TPSA) is 132 Å². The minimum atomic E-state index is -4.14. The van der Waals surface area contributed by atoms with E-state index in [1.165, 1.54) is 43.5 Å². The molecule has 2 aromatic carbocycles. The van der Waals surface area contributed by atoms with E-state index in [1.807, 2.05) is 10.8 Å². The SMILES string of the molecule is COC(=O)c1ccc(C(=O)NS(=O)(=O)c2ccc(CNC(=O)c3ccccc3)cc2)cn1. The summed E-state index contributed by atoms with van der Waals surface area (Å²) in [6.07, 6.45) is 1.08. The van der Waals surface area contributed by atoms with Crippen molar-refractivity contribution in [2.45, 2.75) is 11.4 Å². The number of methoxy groups -OCH3 is 1. The summed E-state index contributed by atoms with van der Waals surface area (Å²) in [4.78, 5) is 39.4. The fourth-order valence-corrected chi connectivity index (χ4v) is 3.63. The van der Waals surface area contributed by atoms with Crippen LogP contribution in [-0.4, -0.2) is 38.3 Å². The Bertz CT molecular complexity index is 1220. The van der Waals surface area contributed by atoms with Gasteiger partial charge in [0.2, 0.25) is 0 Å². The predicted molar refractivity (Wildman–Crippen MR) is 114 cm³/mol. The van der Waals surface area contributed by atoms with Crippen LogP contribution in [0.3, 0.4) is 0 Å². The Balaban J connectivity index is 1.62. The summed E-state index contributed by atoms with van der Waals surface area (Å²) in [5, 5.41) is 2.75. The van der Waals surface area contributed by atoms with Crippen LogP contribution in [0.5, 0.6) is 0 Å². The zero-order chi connectivity index (χ0) is 23.1. The Kier molecular flexibility index (Phi) is 6.96. The number of ether oxygens (including phenoxy) is 1. The highest BCUT2D eigenvalue weighted by Gasteiger charge is 2.19. The molecule has 164 valence electrons. The lowest BCUT2D eigenvalue weighted by Gasteiger charge is -2.09. The first-order valence-electron chi connectivity index (χ1n) is 9.34. The summed E-state index contributed by atoms with van der Waals surface area (Å²) >= 11 is 0. The largest absolute Gasteiger partial charge is 0.464 e. The Hall–Kier alpha value is -4.05. The van der Waals surface area contributed by atoms with Gasteiger partial charge in [-0.1, -0.05) is 30.3 Å². The van der Waals surface area contributed by atoms with Gasteiger partial charge in [-0.15, -0.1) is 0 Å². The molecule has 9 nitrogen and oxygen atoms in total. The number of nitrogens with one attached hydrogen (secondary N) is 2. The van der Waals surface area contributed by atoms with E-state index in [9.17, 15) is 22.8 Å². The Labute approximate surface area is 184 Å². The van der Waals surface area contributed by atoms with Gasteiger partial charge in [-0.3, -0.25) is 9.59 Å². The summed E-state index contributed by atoms with van der Waals surface area (Å²) in [5.41, 5.74) is 1.15. The molecule has 0 saturated carbocycles. The summed E-state index contributed by atoms with van der Waals surface area (Å²) in [6, 6.07) is 17.0. The van der Waals surface area contributed by atoms with Crippen molar-refractivity contribution < 1.29 is 27.5 Å². The van der Waals surface area contributed by atoms with Crippen LogP contribution in [0.25, 0.3) is 0 Å². The highest BCUT2D eigenvalue weighted by molar-refractivity contribution is 7.90. The van der Waals surface area contributed by atoms with E-state index in [-0.39, 0.29) is 28.6 Å². The third-order valence-electron chi connectivity index (χ3n) is 4.37. The number of sulfonamides is 1. The van der Waals surface area contributed by atoms with Gasteiger partial charge in [-0.25, -0.2) is 22.9 Å². The molecule has 0 aliphatic carbocycles. The van der Waals surface area contributed by atoms with E-state index < -0.39 is 21.9 Å². The summed E-state index contributed by atoms with van der Waals surface area (Å²) in [5.74, 6) is -1.82. The van der Waals surface area contributed by atoms with Gasteiger partial charge >= 0.3 is 5.97 Å². The van der Waals surface area contributed by atoms with E-state index in [0.717, 1.165) is 6.20 Å². The number of carbonyl (C=O) groups is 3. The standard InChI is InChI=1S/C22H19N3O6S/c1-31-22(28)19-12-9-17(14-23-19)21(27)25-32(29,30)18-10-7-15(8-11-18)13-24-20(26)16-5-3-2-4-6-16/h2-12,14H,13H2,1H3,(H,24,26)(H,25,27). The number of pyridine rings is 1. The van der Waals surface area contributed by atoms with Crippen molar-refractivity contribution in [2.75, 3.05) is 7.11 Å². The molecule has 0 aliphatic rings. The van der Waals surface area contributed by atoms with Crippen LogP contribution in [0.2, 0.25) is 0 Å². The van der Waals surface area contributed by atoms with Crippen LogP contribution >= 0.6 is 0 Å². The van der Waals surface area contributed by atoms with Crippen LogP contribution in [0.1, 0.15) is 36.8 Å². The van der Waals surface area contributed by atoms with Gasteiger partial charge in [0.25, 0.3) is 21.8 Å². The van der Waals surface area contributed by atoms with Crippen LogP contribution in [-0.2, 0) is 21.3 Å². The number of esters is 1. The molecule has 0 aliphatic heterocycles. The number of amides is 2. The van der Waals surface area contributed by atoms with Crippen molar-refractivity contribution >= 4 is 27.8 Å². The maximum absolute atomic E-state index is 12.5. The van der Waals surface area contributed by atoms with E-state index in [0.29, 0.717) is 11.1 Å². The Morgan fingerprint density at radius 3 is 2.16 bits per heavy atom. The van der Waals surface area contributed by atoms with Crippen LogP contribution in [0, 0.1) is 0 Å². The van der Waals surface area contributed by atoms with Gasteiger partial charge in [0.05, 0.1) is 17.6 Å². The second-order valence-electron chi connectivity index (χ2n) is 6.55. The molecule has 0 saturated heterocycles. The van der Waals surface area contributed by atoms with Crippen molar-refractivity contribution in [1.82, 2.24) is 15.0 Å². The number of rotatable bonds is 7. The van der Waals surface area contributed by atoms with E-state index in [4.69, 9.17) is 0 Å². The molecular weight excluding hydrogens is 434 g/mol. The minimum Gasteiger partial charge on any atom is -0.464 e. The average molecular weight is 453 g/mol. The lowest BCUT2D eigenvalue weighted by molar-refractivity contribution is 0.0593. The Morgan fingerprint density at radius 1 is 0.875 bits per heavy atom. The van der Waals surface area contributed by atoms with Crippen molar-refractivity contribution in [2.24, 2.45) is 0 Å². The average Bonchev–Trinajstić information content (AvgIpc) is 2.82. The maximum Gasteiger partial charge on any atom is 0.356 e. The van der Waals surface area contributed by atoms with Gasteiger partial charge in [0.15, 0.2) is 0 Å². The number of aromatic nitrogens is 1. The van der Waals surface area contributed by atoms with Crippen molar-refractivity contribution in [1.29, 1.82) is 0 Å². The minimum absolute atomic E-state index is 0.0122. The molecule has 32 heavy (non-hydrogen) atoms. The smallest absolute Gasteiger partial charge is 0.356 e. The molecule has 2 amide bonds. The molecule has 1 aromatic heterocycles. The monoisotopic (exact) mass is 453 g/mol. The second-order valence-corrected chi connectivity index (χ2v) is 8.23. The zero-order valence-corrected chi connectivity index (χ0v) is 17.8. The summed E-state index contributed by atoms with van der Waals surface area (Å²) in [7, 11) is -2.94. The van der Waals surface area contributed by atoms with Gasteiger partial charge in [-0.05, 0) is 42.0 Å². The highest BCUT2D eigenvalue weighted by atomic mass is 32.2. The molecule has 1 heterocycles. The molecule has 0 unspecified atom stereocenters. The number of benzene rings is 2. The molecule has 3 aromatic rings. The zero-order valence-electron chi connectivity index (χ0n) is 16.9. The van der Waals surface area contributed by atoms with E-state index in [2.05, 4.69) is 15.0 Å². The molecule has 0 atom stereocenters. The number of carbonyl (C=O) groups excluding carboxylic acids is 3. The maximum atomic E-state index is 12.5. The predicted octanol–water partition coefficient (Wildman–Crippen LogP) is 1.92. The molecule has 2 N–H and O–H groups in total. The van der Waals surface area contributed by atoms with Crippen molar-refractivity contribution in [3.63, 3.8) is 0 Å². The fraction of sp³-hybridized carbons (Fsp3) is 0.0909. The van der Waals surface area contributed by atoms with Crippen molar-refractivity contribution in [3.8, 4) is 0 Å². The fourth-order valence-electron chi connectivity index (χ4n) is 2.65. The van der Waals surface area contributed by atoms with Crippen LogP contribution < -0.4 is 10.0 Å². The highest BCUT2D eigenvalue weighted by Crippen LogP contribution is 2.12. The number of hydrogen-bond acceptors (Lipinski definition) is 7. The Morgan fingerprint density at radius 2 is 1.56 bits per heavy atom. The number of hydrogen-bond donors (Lipinski definition) is 2. The molecule has 0 fully saturated rings. The lowest BCUT2D eigenvalue weighted by atomic mass is 10.2. The van der Waals surface area contributed by atoms with E-state index >= 15 is 0 Å². The summed E-state index contributed by atoms with van der Waals surface area (Å²) < 4.78 is 31.5. The first-order valence-corrected chi connectivity index (χ1v) is 10.8. The second kappa shape index (κ2) is 9.84. The summed E-state index contributed by atoms with van der Waals surface area (Å²) in [6.45, 7) is 0.207. The van der Waals surface area contributed by atoms with Gasteiger partial charge in [0.1, 0.15) is 5.69 Å². The molecule has 0 spiro atoms. The van der Waals surface area contributed by atoms with Gasteiger partial charge < -0.3 is 10.1 Å². The third kappa shape index (κ3) is 5.55. The molecule has 0 bridgehead atoms. The first-order chi connectivity index (χ1) is 15.3. The lowest BCUT2D eigenvalue weighted by Crippen LogP contribution is -2.30. The quantitative estimate of drug-likeness (QED) is 0.523. The molecule has 3 rings (SSSR count). The van der Waals surface area contributed by atoms with Crippen molar-refractivity contribution in [3.05, 3.63) is 95.3 Å². The van der Waals surface area contributed by atoms with Gasteiger partial charge in [0, 0.05) is 18.3 Å². The van der Waals surface area contributed by atoms with E-state index in [1.54, 1.807) is 24.3 Å². The normalized spacial score (nSPS) is 10.8. The van der Waals surface area contributed by atoms with Crippen LogP contribution in [0.15, 0.2) is 77.8 Å². The molecule has 0 radical (unpaired) electrons.